The first-order chi connectivity index (χ1) is 17.0. The molecule has 1 aliphatic rings. The average Bonchev–Trinajstić information content (AvgIpc) is 3.47. The molecule has 0 radical (unpaired) electrons. The van der Waals surface area contributed by atoms with Gasteiger partial charge in [-0.15, -0.1) is 0 Å². The van der Waals surface area contributed by atoms with Gasteiger partial charge < -0.3 is 30.2 Å². The summed E-state index contributed by atoms with van der Waals surface area (Å²) in [6, 6.07) is 7.73. The molecule has 3 aromatic heterocycles. The third-order valence-corrected chi connectivity index (χ3v) is 6.48. The summed E-state index contributed by atoms with van der Waals surface area (Å²) in [7, 11) is 1.62. The van der Waals surface area contributed by atoms with E-state index in [0.717, 1.165) is 22.6 Å². The third-order valence-electron chi connectivity index (χ3n) is 6.48. The fourth-order valence-corrected chi connectivity index (χ4v) is 4.50. The number of likely N-dealkylation sites (tertiary alicyclic amines) is 1. The van der Waals surface area contributed by atoms with Gasteiger partial charge in [0, 0.05) is 18.7 Å². The van der Waals surface area contributed by atoms with Gasteiger partial charge in [-0.3, -0.25) is 0 Å². The van der Waals surface area contributed by atoms with Crippen molar-refractivity contribution in [3.63, 3.8) is 0 Å². The average molecular weight is 478 g/mol. The van der Waals surface area contributed by atoms with Crippen LogP contribution in [0.25, 0.3) is 22.3 Å². The van der Waals surface area contributed by atoms with Crippen LogP contribution in [0.5, 0.6) is 5.75 Å². The zero-order chi connectivity index (χ0) is 24.5. The molecule has 1 aromatic carbocycles. The number of nitrogens with zero attached hydrogens (tertiary/aromatic N) is 5. The zero-order valence-corrected chi connectivity index (χ0v) is 19.6. The van der Waals surface area contributed by atoms with Crippen molar-refractivity contribution in [2.24, 2.45) is 0 Å². The number of carboxylic acid groups (broad SMARTS) is 1. The number of rotatable bonds is 6. The number of benzene rings is 1. The van der Waals surface area contributed by atoms with Crippen LogP contribution < -0.4 is 15.8 Å². The first kappa shape index (κ1) is 22.5. The Bertz CT molecular complexity index is 1370. The van der Waals surface area contributed by atoms with Crippen molar-refractivity contribution < 1.29 is 19.1 Å². The maximum absolute atomic E-state index is 11.3. The first-order valence-corrected chi connectivity index (χ1v) is 11.4. The summed E-state index contributed by atoms with van der Waals surface area (Å²) in [5.41, 5.74) is 10.3. The molecular formula is C24H27N7O4. The maximum atomic E-state index is 11.3. The van der Waals surface area contributed by atoms with E-state index >= 15 is 0 Å². The minimum atomic E-state index is -0.899. The van der Waals surface area contributed by atoms with Gasteiger partial charge in [0.25, 0.3) is 0 Å². The van der Waals surface area contributed by atoms with Gasteiger partial charge in [-0.25, -0.2) is 19.4 Å². The van der Waals surface area contributed by atoms with Crippen molar-refractivity contribution in [1.82, 2.24) is 24.6 Å². The highest BCUT2D eigenvalue weighted by Crippen LogP contribution is 2.37. The van der Waals surface area contributed by atoms with E-state index in [1.165, 1.54) is 11.2 Å². The van der Waals surface area contributed by atoms with Crippen LogP contribution in [0.4, 0.5) is 16.3 Å². The maximum Gasteiger partial charge on any atom is 0.407 e. The van der Waals surface area contributed by atoms with Crippen LogP contribution in [-0.2, 0) is 6.54 Å². The normalized spacial score (nSPS) is 14.4. The van der Waals surface area contributed by atoms with Gasteiger partial charge in [-0.2, -0.15) is 5.10 Å². The standard InChI is InChI=1S/C24H27N7O4/c1-14-7-10-35-19(14)12-26-17-4-3-15(11-18(17)34-2)21-20-22(25)27-13-28-23(20)31(29-21)16-5-8-30(9-6-16)24(32)33/h3-4,7,10-11,13,16,26H,5-6,8-9,12H2,1-2H3,(H,32,33)(H2,25,27,28). The third kappa shape index (κ3) is 4.20. The molecule has 11 heteroatoms. The van der Waals surface area contributed by atoms with Gasteiger partial charge in [-0.05, 0) is 43.5 Å². The Kier molecular flexibility index (Phi) is 5.89. The second kappa shape index (κ2) is 9.16. The molecule has 0 unspecified atom stereocenters. The van der Waals surface area contributed by atoms with E-state index < -0.39 is 6.09 Å². The molecule has 1 fully saturated rings. The summed E-state index contributed by atoms with van der Waals surface area (Å²) >= 11 is 0. The molecule has 0 aliphatic carbocycles. The Hall–Kier alpha value is -4.28. The zero-order valence-electron chi connectivity index (χ0n) is 19.6. The Morgan fingerprint density at radius 2 is 2.09 bits per heavy atom. The second-order valence-corrected chi connectivity index (χ2v) is 8.55. The Morgan fingerprint density at radius 1 is 1.29 bits per heavy atom. The van der Waals surface area contributed by atoms with Crippen LogP contribution in [0.3, 0.4) is 0 Å². The molecule has 4 heterocycles. The van der Waals surface area contributed by atoms with Crippen LogP contribution in [0.2, 0.25) is 0 Å². The summed E-state index contributed by atoms with van der Waals surface area (Å²) in [6.07, 6.45) is 3.49. The quantitative estimate of drug-likeness (QED) is 0.376. The van der Waals surface area contributed by atoms with E-state index in [4.69, 9.17) is 20.0 Å². The van der Waals surface area contributed by atoms with Gasteiger partial charge in [0.2, 0.25) is 0 Å². The van der Waals surface area contributed by atoms with Gasteiger partial charge in [0.05, 0.1) is 37.0 Å². The molecule has 4 N–H and O–H groups in total. The molecular weight excluding hydrogens is 450 g/mol. The summed E-state index contributed by atoms with van der Waals surface area (Å²) in [4.78, 5) is 21.4. The Labute approximate surface area is 201 Å². The predicted molar refractivity (Wildman–Crippen MR) is 130 cm³/mol. The molecule has 4 aromatic rings. The number of piperidine rings is 1. The molecule has 1 amide bonds. The molecule has 0 spiro atoms. The number of ether oxygens (including phenoxy) is 1. The van der Waals surface area contributed by atoms with Crippen LogP contribution in [0, 0.1) is 6.92 Å². The summed E-state index contributed by atoms with van der Waals surface area (Å²) < 4.78 is 13.0. The number of nitrogen functional groups attached to an aromatic ring is 1. The molecule has 182 valence electrons. The highest BCUT2D eigenvalue weighted by molar-refractivity contribution is 5.98. The lowest BCUT2D eigenvalue weighted by molar-refractivity contribution is 0.124. The highest BCUT2D eigenvalue weighted by atomic mass is 16.5. The fraction of sp³-hybridized carbons (Fsp3) is 0.333. The van der Waals surface area contributed by atoms with Crippen molar-refractivity contribution in [2.75, 3.05) is 31.2 Å². The topological polar surface area (TPSA) is 145 Å². The Balaban J connectivity index is 1.48. The van der Waals surface area contributed by atoms with E-state index in [1.807, 2.05) is 35.9 Å². The molecule has 11 nitrogen and oxygen atoms in total. The highest BCUT2D eigenvalue weighted by Gasteiger charge is 2.28. The molecule has 1 aliphatic heterocycles. The van der Waals surface area contributed by atoms with E-state index in [0.29, 0.717) is 60.8 Å². The monoisotopic (exact) mass is 477 g/mol. The predicted octanol–water partition coefficient (Wildman–Crippen LogP) is 3.91. The van der Waals surface area contributed by atoms with Gasteiger partial charge in [0.15, 0.2) is 5.65 Å². The number of fused-ring (bicyclic) bond motifs is 1. The molecule has 5 rings (SSSR count). The molecule has 0 saturated carbocycles. The summed E-state index contributed by atoms with van der Waals surface area (Å²) in [5.74, 6) is 1.85. The summed E-state index contributed by atoms with van der Waals surface area (Å²) in [5, 5.41) is 18.2. The van der Waals surface area contributed by atoms with E-state index in [-0.39, 0.29) is 6.04 Å². The largest absolute Gasteiger partial charge is 0.495 e. The van der Waals surface area contributed by atoms with Gasteiger partial charge in [-0.1, -0.05) is 6.07 Å². The number of carbonyl (C=O) groups is 1. The van der Waals surface area contributed by atoms with E-state index in [9.17, 15) is 9.90 Å². The van der Waals surface area contributed by atoms with Gasteiger partial charge >= 0.3 is 6.09 Å². The van der Waals surface area contributed by atoms with E-state index in [1.54, 1.807) is 13.4 Å². The van der Waals surface area contributed by atoms with Crippen LogP contribution in [-0.4, -0.2) is 56.0 Å². The van der Waals surface area contributed by atoms with Crippen molar-refractivity contribution in [3.8, 4) is 17.0 Å². The molecule has 0 bridgehead atoms. The smallest absolute Gasteiger partial charge is 0.407 e. The number of furan rings is 1. The fourth-order valence-electron chi connectivity index (χ4n) is 4.50. The van der Waals surface area contributed by atoms with Crippen LogP contribution in [0.1, 0.15) is 30.2 Å². The SMILES string of the molecule is COc1cc(-c2nn(C3CCN(C(=O)O)CC3)c3ncnc(N)c23)ccc1NCc1occc1C. The minimum absolute atomic E-state index is 0.00974. The van der Waals surface area contributed by atoms with Crippen LogP contribution in [0.15, 0.2) is 41.3 Å². The summed E-state index contributed by atoms with van der Waals surface area (Å²) in [6.45, 7) is 3.42. The van der Waals surface area contributed by atoms with Crippen molar-refractivity contribution in [2.45, 2.75) is 32.4 Å². The number of amides is 1. The lowest BCUT2D eigenvalue weighted by Gasteiger charge is -2.30. The molecule has 0 atom stereocenters. The van der Waals surface area contributed by atoms with Gasteiger partial charge in [0.1, 0.15) is 29.3 Å². The first-order valence-electron chi connectivity index (χ1n) is 11.4. The number of hydrogen-bond acceptors (Lipinski definition) is 8. The lowest BCUT2D eigenvalue weighted by Crippen LogP contribution is -2.38. The lowest BCUT2D eigenvalue weighted by atomic mass is 10.1. The number of anilines is 2. The number of nitrogens with two attached hydrogens (primary N) is 1. The van der Waals surface area contributed by atoms with Crippen molar-refractivity contribution >= 4 is 28.6 Å². The number of methoxy groups -OCH3 is 1. The molecule has 1 saturated heterocycles. The van der Waals surface area contributed by atoms with E-state index in [2.05, 4.69) is 15.3 Å². The Morgan fingerprint density at radius 3 is 2.77 bits per heavy atom. The number of aryl methyl sites for hydroxylation is 1. The number of nitrogens with one attached hydrogen (secondary N) is 1. The number of hydrogen-bond donors (Lipinski definition) is 3. The second-order valence-electron chi connectivity index (χ2n) is 8.55. The number of aromatic nitrogens is 4. The minimum Gasteiger partial charge on any atom is -0.495 e. The van der Waals surface area contributed by atoms with Crippen LogP contribution >= 0.6 is 0 Å². The molecule has 35 heavy (non-hydrogen) atoms. The van der Waals surface area contributed by atoms with Crippen molar-refractivity contribution in [1.29, 1.82) is 0 Å². The van der Waals surface area contributed by atoms with Crippen molar-refractivity contribution in [3.05, 3.63) is 48.2 Å².